The van der Waals surface area contributed by atoms with Gasteiger partial charge in [0.25, 0.3) is 0 Å². The number of unbranched alkanes of at least 4 members (excludes halogenated alkanes) is 3. The summed E-state index contributed by atoms with van der Waals surface area (Å²) >= 11 is 2.14. The van der Waals surface area contributed by atoms with Crippen LogP contribution in [0.1, 0.15) is 71.1 Å². The molecule has 0 aromatic carbocycles. The molecule has 2 heterocycles. The van der Waals surface area contributed by atoms with Gasteiger partial charge < -0.3 is 10.2 Å². The first-order chi connectivity index (χ1) is 12.1. The van der Waals surface area contributed by atoms with E-state index in [1.807, 2.05) is 6.08 Å². The summed E-state index contributed by atoms with van der Waals surface area (Å²) in [4.78, 5) is 10.5. The fraction of sp³-hybridized carbons (Fsp3) is 0.762. The molecule has 0 aromatic rings. The number of allylic oxidation sites excluding steroid dienone is 3. The van der Waals surface area contributed by atoms with Crippen molar-refractivity contribution in [3.8, 4) is 0 Å². The lowest BCUT2D eigenvalue weighted by molar-refractivity contribution is -0.137. The maximum Gasteiger partial charge on any atom is 0.303 e. The van der Waals surface area contributed by atoms with Crippen molar-refractivity contribution in [2.75, 3.05) is 0 Å². The Kier molecular flexibility index (Phi) is 9.11. The number of hydrogen-bond acceptors (Lipinski definition) is 3. The Hall–Kier alpha value is -0.740. The van der Waals surface area contributed by atoms with Gasteiger partial charge in [-0.2, -0.15) is 11.8 Å². The Bertz CT molecular complexity index is 454. The van der Waals surface area contributed by atoms with Crippen LogP contribution < -0.4 is 0 Å². The summed E-state index contributed by atoms with van der Waals surface area (Å²) in [5, 5.41) is 20.4. The minimum atomic E-state index is -0.708. The quantitative estimate of drug-likeness (QED) is 0.368. The van der Waals surface area contributed by atoms with Crippen LogP contribution in [0.5, 0.6) is 0 Å². The normalized spacial score (nSPS) is 29.8. The monoisotopic (exact) mass is 366 g/mol. The molecule has 0 radical (unpaired) electrons. The van der Waals surface area contributed by atoms with Crippen LogP contribution in [0.3, 0.4) is 0 Å². The fourth-order valence-corrected chi connectivity index (χ4v) is 5.58. The highest BCUT2D eigenvalue weighted by Gasteiger charge is 2.44. The Morgan fingerprint density at radius 3 is 2.76 bits per heavy atom. The molecule has 0 amide bonds. The van der Waals surface area contributed by atoms with E-state index in [0.717, 1.165) is 42.6 Å². The summed E-state index contributed by atoms with van der Waals surface area (Å²) in [5.74, 6) is 0.555. The van der Waals surface area contributed by atoms with E-state index < -0.39 is 5.97 Å². The zero-order valence-corrected chi connectivity index (χ0v) is 16.3. The summed E-state index contributed by atoms with van der Waals surface area (Å²) < 4.78 is 0. The van der Waals surface area contributed by atoms with Gasteiger partial charge >= 0.3 is 5.97 Å². The van der Waals surface area contributed by atoms with Gasteiger partial charge in [-0.05, 0) is 50.4 Å². The second-order valence-corrected chi connectivity index (χ2v) is 9.08. The van der Waals surface area contributed by atoms with Crippen LogP contribution in [-0.2, 0) is 4.79 Å². The van der Waals surface area contributed by atoms with E-state index in [1.54, 1.807) is 0 Å². The highest BCUT2D eigenvalue weighted by Crippen LogP contribution is 2.54. The van der Waals surface area contributed by atoms with Gasteiger partial charge in [0.05, 0.1) is 6.10 Å². The van der Waals surface area contributed by atoms with Gasteiger partial charge in [-0.3, -0.25) is 4.79 Å². The molecule has 2 unspecified atom stereocenters. The maximum absolute atomic E-state index is 10.5. The number of rotatable bonds is 12. The number of thioether (sulfide) groups is 1. The minimum Gasteiger partial charge on any atom is -0.481 e. The van der Waals surface area contributed by atoms with E-state index in [-0.39, 0.29) is 12.5 Å². The lowest BCUT2D eigenvalue weighted by Crippen LogP contribution is -2.44. The van der Waals surface area contributed by atoms with Crippen LogP contribution in [0.25, 0.3) is 0 Å². The SMILES string of the molecule is CCCCC[C@H](O)/C=C/C1CC2C[C@H](S2)[C@@H]1C/C=C/CCCC(=O)O. The smallest absolute Gasteiger partial charge is 0.303 e. The van der Waals surface area contributed by atoms with Gasteiger partial charge in [-0.15, -0.1) is 0 Å². The van der Waals surface area contributed by atoms with Gasteiger partial charge in [-0.1, -0.05) is 50.5 Å². The maximum atomic E-state index is 10.5. The summed E-state index contributed by atoms with van der Waals surface area (Å²) in [6.07, 6.45) is 18.4. The number of aliphatic hydroxyl groups is 1. The van der Waals surface area contributed by atoms with Gasteiger partial charge in [0.1, 0.15) is 0 Å². The van der Waals surface area contributed by atoms with Crippen molar-refractivity contribution in [1.82, 2.24) is 0 Å². The van der Waals surface area contributed by atoms with Gasteiger partial charge in [0.15, 0.2) is 0 Å². The number of carboxylic acids is 1. The molecule has 2 N–H and O–H groups in total. The molecule has 3 rings (SSSR count). The number of fused-ring (bicyclic) bond motifs is 2. The number of aliphatic carboxylic acids is 1. The molecule has 25 heavy (non-hydrogen) atoms. The molecule has 0 aromatic heterocycles. The molecule has 4 heteroatoms. The van der Waals surface area contributed by atoms with Crippen molar-refractivity contribution < 1.29 is 15.0 Å². The van der Waals surface area contributed by atoms with Gasteiger partial charge in [0.2, 0.25) is 0 Å². The summed E-state index contributed by atoms with van der Waals surface area (Å²) in [6.45, 7) is 2.19. The summed E-state index contributed by atoms with van der Waals surface area (Å²) in [6, 6.07) is 0. The van der Waals surface area contributed by atoms with E-state index in [0.29, 0.717) is 11.8 Å². The standard InChI is InChI=1S/C21H34O3S/c1-2-3-6-9-17(22)13-12-16-14-18-15-20(25-18)19(16)10-7-4-5-8-11-21(23)24/h4,7,12-13,16-20,22H,2-3,5-6,8-11,14-15H2,1H3,(H,23,24)/b7-4+,13-12+/t16?,17-,18?,19+,20-/m0/s1. The molecule has 1 aliphatic carbocycles. The van der Waals surface area contributed by atoms with Crippen molar-refractivity contribution in [3.63, 3.8) is 0 Å². The number of carbonyl (C=O) groups is 1. The Balaban J connectivity index is 1.76. The lowest BCUT2D eigenvalue weighted by Gasteiger charge is -2.49. The highest BCUT2D eigenvalue weighted by molar-refractivity contribution is 8.01. The molecule has 5 atom stereocenters. The van der Waals surface area contributed by atoms with E-state index in [9.17, 15) is 9.90 Å². The van der Waals surface area contributed by atoms with Crippen LogP contribution in [0.15, 0.2) is 24.3 Å². The lowest BCUT2D eigenvalue weighted by atomic mass is 9.75. The van der Waals surface area contributed by atoms with Crippen LogP contribution in [0, 0.1) is 11.8 Å². The van der Waals surface area contributed by atoms with Crippen LogP contribution in [0.4, 0.5) is 0 Å². The Labute approximate surface area is 157 Å². The molecule has 0 spiro atoms. The van der Waals surface area contributed by atoms with Crippen molar-refractivity contribution >= 4 is 17.7 Å². The van der Waals surface area contributed by atoms with Crippen LogP contribution in [-0.4, -0.2) is 32.8 Å². The van der Waals surface area contributed by atoms with E-state index >= 15 is 0 Å². The zero-order valence-electron chi connectivity index (χ0n) is 15.5. The molecule has 142 valence electrons. The number of carboxylic acid groups (broad SMARTS) is 1. The molecule has 1 saturated carbocycles. The molecule has 2 aliphatic heterocycles. The van der Waals surface area contributed by atoms with E-state index in [2.05, 4.69) is 36.9 Å². The van der Waals surface area contributed by atoms with Crippen molar-refractivity contribution in [2.24, 2.45) is 11.8 Å². The third kappa shape index (κ3) is 7.18. The first kappa shape index (κ1) is 20.6. The molecular formula is C21H34O3S. The van der Waals surface area contributed by atoms with Crippen molar-refractivity contribution in [3.05, 3.63) is 24.3 Å². The Morgan fingerprint density at radius 1 is 1.24 bits per heavy atom. The number of hydrogen-bond donors (Lipinski definition) is 2. The van der Waals surface area contributed by atoms with Crippen LogP contribution >= 0.6 is 11.8 Å². The average molecular weight is 367 g/mol. The van der Waals surface area contributed by atoms with Crippen LogP contribution in [0.2, 0.25) is 0 Å². The largest absolute Gasteiger partial charge is 0.481 e. The van der Waals surface area contributed by atoms with E-state index in [4.69, 9.17) is 5.11 Å². The fourth-order valence-electron chi connectivity index (χ4n) is 3.94. The summed E-state index contributed by atoms with van der Waals surface area (Å²) in [5.41, 5.74) is 0. The highest BCUT2D eigenvalue weighted by atomic mass is 32.2. The summed E-state index contributed by atoms with van der Waals surface area (Å²) in [7, 11) is 0. The van der Waals surface area contributed by atoms with Crippen molar-refractivity contribution in [2.45, 2.75) is 87.7 Å². The molecule has 2 bridgehead atoms. The molecular weight excluding hydrogens is 332 g/mol. The minimum absolute atomic E-state index is 0.259. The third-order valence-electron chi connectivity index (χ3n) is 5.45. The predicted octanol–water partition coefficient (Wildman–Crippen LogP) is 5.20. The third-order valence-corrected chi connectivity index (χ3v) is 7.11. The number of aliphatic hydroxyl groups excluding tert-OH is 1. The first-order valence-electron chi connectivity index (χ1n) is 9.98. The molecule has 3 aliphatic rings. The van der Waals surface area contributed by atoms with Gasteiger partial charge in [-0.25, -0.2) is 0 Å². The second-order valence-electron chi connectivity index (χ2n) is 7.54. The topological polar surface area (TPSA) is 57.5 Å². The second kappa shape index (κ2) is 11.1. The Morgan fingerprint density at radius 2 is 2.04 bits per heavy atom. The molecule has 3 nitrogen and oxygen atoms in total. The zero-order chi connectivity index (χ0) is 18.1. The molecule has 2 saturated heterocycles. The molecule has 3 fully saturated rings. The average Bonchev–Trinajstić information content (AvgIpc) is 2.55. The van der Waals surface area contributed by atoms with E-state index in [1.165, 1.54) is 25.7 Å². The van der Waals surface area contributed by atoms with Gasteiger partial charge in [0, 0.05) is 16.9 Å². The van der Waals surface area contributed by atoms with Crippen molar-refractivity contribution in [1.29, 1.82) is 0 Å². The predicted molar refractivity (Wildman–Crippen MR) is 106 cm³/mol. The first-order valence-corrected chi connectivity index (χ1v) is 10.9.